The van der Waals surface area contributed by atoms with E-state index in [4.69, 9.17) is 16.3 Å². The Morgan fingerprint density at radius 3 is 2.38 bits per heavy atom. The number of carbonyl (C=O) groups is 2. The summed E-state index contributed by atoms with van der Waals surface area (Å²) >= 11 is 5.98. The van der Waals surface area contributed by atoms with Gasteiger partial charge in [-0.1, -0.05) is 23.7 Å². The summed E-state index contributed by atoms with van der Waals surface area (Å²) in [5.74, 6) is -0.337. The molecular formula is C19H19ClF3N3O3. The number of para-hydroxylation sites is 1. The third-order valence-corrected chi connectivity index (χ3v) is 4.03. The number of ether oxygens (including phenoxy) is 1. The highest BCUT2D eigenvalue weighted by molar-refractivity contribution is 6.32. The summed E-state index contributed by atoms with van der Waals surface area (Å²) in [6.45, 7) is -0.896. The molecule has 10 heteroatoms. The van der Waals surface area contributed by atoms with Gasteiger partial charge in [-0.3, -0.25) is 4.79 Å². The Labute approximate surface area is 170 Å². The average Bonchev–Trinajstić information content (AvgIpc) is 2.67. The molecule has 0 bridgehead atoms. The van der Waals surface area contributed by atoms with Crippen molar-refractivity contribution in [2.45, 2.75) is 6.18 Å². The maximum atomic E-state index is 12.2. The molecule has 0 heterocycles. The SMILES string of the molecule is CN(CCOc1ccccc1Cl)C(=O)Nc1ccc(C(=O)NCC(F)(F)F)cc1. The first-order valence-electron chi connectivity index (χ1n) is 8.50. The average molecular weight is 430 g/mol. The van der Waals surface area contributed by atoms with E-state index in [1.807, 2.05) is 0 Å². The lowest BCUT2D eigenvalue weighted by molar-refractivity contribution is -0.123. The van der Waals surface area contributed by atoms with Crippen LogP contribution in [0.3, 0.4) is 0 Å². The highest BCUT2D eigenvalue weighted by Crippen LogP contribution is 2.22. The zero-order valence-electron chi connectivity index (χ0n) is 15.4. The zero-order valence-corrected chi connectivity index (χ0v) is 16.2. The van der Waals surface area contributed by atoms with Crippen LogP contribution in [0.25, 0.3) is 0 Å². The minimum atomic E-state index is -4.48. The minimum Gasteiger partial charge on any atom is -0.490 e. The number of alkyl halides is 3. The number of hydrogen-bond acceptors (Lipinski definition) is 3. The van der Waals surface area contributed by atoms with Crippen LogP contribution in [-0.4, -0.2) is 49.8 Å². The quantitative estimate of drug-likeness (QED) is 0.693. The van der Waals surface area contributed by atoms with Crippen LogP contribution in [0.5, 0.6) is 5.75 Å². The molecule has 0 aliphatic carbocycles. The van der Waals surface area contributed by atoms with Crippen LogP contribution in [0.1, 0.15) is 10.4 Å². The molecule has 0 atom stereocenters. The van der Waals surface area contributed by atoms with Crippen molar-refractivity contribution in [3.8, 4) is 5.75 Å². The smallest absolute Gasteiger partial charge is 0.405 e. The molecule has 2 N–H and O–H groups in total. The van der Waals surface area contributed by atoms with Gasteiger partial charge in [0.2, 0.25) is 0 Å². The van der Waals surface area contributed by atoms with Gasteiger partial charge in [-0.05, 0) is 36.4 Å². The number of rotatable bonds is 7. The van der Waals surface area contributed by atoms with Crippen molar-refractivity contribution in [2.24, 2.45) is 0 Å². The van der Waals surface area contributed by atoms with Crippen LogP contribution < -0.4 is 15.4 Å². The van der Waals surface area contributed by atoms with Gasteiger partial charge < -0.3 is 20.3 Å². The van der Waals surface area contributed by atoms with Crippen LogP contribution >= 0.6 is 11.6 Å². The number of amides is 3. The standard InChI is InChI=1S/C19H19ClF3N3O3/c1-26(10-11-29-16-5-3-2-4-15(16)20)18(28)25-14-8-6-13(7-9-14)17(27)24-12-19(21,22)23/h2-9H,10-12H2,1H3,(H,24,27)(H,25,28). The number of anilines is 1. The van der Waals surface area contributed by atoms with Crippen LogP contribution in [0.2, 0.25) is 5.02 Å². The lowest BCUT2D eigenvalue weighted by Gasteiger charge is -2.18. The van der Waals surface area contributed by atoms with Crippen LogP contribution in [0, 0.1) is 0 Å². The molecule has 0 aliphatic heterocycles. The maximum Gasteiger partial charge on any atom is 0.405 e. The fourth-order valence-electron chi connectivity index (χ4n) is 2.16. The van der Waals surface area contributed by atoms with Crippen LogP contribution in [-0.2, 0) is 0 Å². The first-order valence-corrected chi connectivity index (χ1v) is 8.88. The maximum absolute atomic E-state index is 12.2. The molecule has 156 valence electrons. The van der Waals surface area contributed by atoms with Gasteiger partial charge >= 0.3 is 12.2 Å². The van der Waals surface area contributed by atoms with Crippen LogP contribution in [0.15, 0.2) is 48.5 Å². The second kappa shape index (κ2) is 10.0. The second-order valence-electron chi connectivity index (χ2n) is 6.01. The molecule has 0 radical (unpaired) electrons. The summed E-state index contributed by atoms with van der Waals surface area (Å²) in [7, 11) is 1.57. The highest BCUT2D eigenvalue weighted by Gasteiger charge is 2.27. The molecular weight excluding hydrogens is 411 g/mol. The van der Waals surface area contributed by atoms with Crippen molar-refractivity contribution >= 4 is 29.2 Å². The van der Waals surface area contributed by atoms with E-state index in [-0.39, 0.29) is 18.7 Å². The monoisotopic (exact) mass is 429 g/mol. The zero-order chi connectivity index (χ0) is 21.4. The molecule has 6 nitrogen and oxygen atoms in total. The third-order valence-electron chi connectivity index (χ3n) is 3.72. The molecule has 0 aliphatic rings. The molecule has 0 fully saturated rings. The summed E-state index contributed by atoms with van der Waals surface area (Å²) in [6, 6.07) is 12.0. The Balaban J connectivity index is 1.80. The molecule has 2 aromatic carbocycles. The number of hydrogen-bond donors (Lipinski definition) is 2. The van der Waals surface area contributed by atoms with Crippen molar-refractivity contribution in [3.63, 3.8) is 0 Å². The van der Waals surface area contributed by atoms with E-state index < -0.39 is 24.7 Å². The van der Waals surface area contributed by atoms with E-state index in [1.165, 1.54) is 29.2 Å². The van der Waals surface area contributed by atoms with Gasteiger partial charge in [0.05, 0.1) is 11.6 Å². The van der Waals surface area contributed by atoms with Gasteiger partial charge in [0, 0.05) is 18.3 Å². The summed E-state index contributed by atoms with van der Waals surface area (Å²) < 4.78 is 41.9. The molecule has 3 amide bonds. The van der Waals surface area contributed by atoms with E-state index in [0.29, 0.717) is 16.5 Å². The fourth-order valence-corrected chi connectivity index (χ4v) is 2.35. The van der Waals surface area contributed by atoms with E-state index >= 15 is 0 Å². The topological polar surface area (TPSA) is 70.7 Å². The predicted molar refractivity (Wildman–Crippen MR) is 103 cm³/mol. The van der Waals surface area contributed by atoms with Crippen LogP contribution in [0.4, 0.5) is 23.7 Å². The molecule has 2 aromatic rings. The van der Waals surface area contributed by atoms with Crippen molar-refractivity contribution in [1.29, 1.82) is 0 Å². The van der Waals surface area contributed by atoms with E-state index in [1.54, 1.807) is 36.6 Å². The van der Waals surface area contributed by atoms with Crippen molar-refractivity contribution in [1.82, 2.24) is 10.2 Å². The predicted octanol–water partition coefficient (Wildman–Crippen LogP) is 4.17. The Morgan fingerprint density at radius 2 is 1.76 bits per heavy atom. The largest absolute Gasteiger partial charge is 0.490 e. The van der Waals surface area contributed by atoms with Gasteiger partial charge in [-0.15, -0.1) is 0 Å². The van der Waals surface area contributed by atoms with Gasteiger partial charge in [0.25, 0.3) is 5.91 Å². The minimum absolute atomic E-state index is 0.0498. The summed E-state index contributed by atoms with van der Waals surface area (Å²) in [4.78, 5) is 25.2. The first kappa shape index (κ1) is 22.4. The third kappa shape index (κ3) is 7.53. The van der Waals surface area contributed by atoms with Crippen molar-refractivity contribution in [2.75, 3.05) is 32.1 Å². The van der Waals surface area contributed by atoms with Gasteiger partial charge in [-0.2, -0.15) is 13.2 Å². The first-order chi connectivity index (χ1) is 13.7. The van der Waals surface area contributed by atoms with E-state index in [2.05, 4.69) is 5.32 Å². The summed E-state index contributed by atoms with van der Waals surface area (Å²) in [5, 5.41) is 4.86. The molecule has 0 spiro atoms. The van der Waals surface area contributed by atoms with Gasteiger partial charge in [-0.25, -0.2) is 4.79 Å². The number of halogens is 4. The molecule has 0 aromatic heterocycles. The Kier molecular flexibility index (Phi) is 7.72. The fraction of sp³-hybridized carbons (Fsp3) is 0.263. The van der Waals surface area contributed by atoms with E-state index in [0.717, 1.165) is 0 Å². The van der Waals surface area contributed by atoms with Crippen molar-refractivity contribution < 1.29 is 27.5 Å². The van der Waals surface area contributed by atoms with Gasteiger partial charge in [0.1, 0.15) is 18.9 Å². The lowest BCUT2D eigenvalue weighted by atomic mass is 10.2. The second-order valence-corrected chi connectivity index (χ2v) is 6.41. The number of likely N-dealkylation sites (N-methyl/N-ethyl adjacent to an activating group) is 1. The number of nitrogens with zero attached hydrogens (tertiary/aromatic N) is 1. The Bertz CT molecular complexity index is 845. The Hall–Kier alpha value is -2.94. The number of nitrogens with one attached hydrogen (secondary N) is 2. The molecule has 2 rings (SSSR count). The number of benzene rings is 2. The molecule has 29 heavy (non-hydrogen) atoms. The number of carbonyl (C=O) groups excluding carboxylic acids is 2. The summed E-state index contributed by atoms with van der Waals surface area (Å²) in [5.41, 5.74) is 0.440. The Morgan fingerprint density at radius 1 is 1.10 bits per heavy atom. The lowest BCUT2D eigenvalue weighted by Crippen LogP contribution is -2.34. The molecule has 0 saturated carbocycles. The normalized spacial score (nSPS) is 10.9. The molecule has 0 saturated heterocycles. The van der Waals surface area contributed by atoms with Gasteiger partial charge in [0.15, 0.2) is 0 Å². The number of urea groups is 1. The van der Waals surface area contributed by atoms with Crippen molar-refractivity contribution in [3.05, 3.63) is 59.1 Å². The summed E-state index contributed by atoms with van der Waals surface area (Å²) in [6.07, 6.45) is -4.48. The molecule has 0 unspecified atom stereocenters. The van der Waals surface area contributed by atoms with E-state index in [9.17, 15) is 22.8 Å². The highest BCUT2D eigenvalue weighted by atomic mass is 35.5.